The first-order valence-corrected chi connectivity index (χ1v) is 11.7. The van der Waals surface area contributed by atoms with E-state index in [0.717, 1.165) is 32.7 Å². The number of carbonyl (C=O) groups is 1. The molecule has 4 rings (SSSR count). The molecule has 0 bridgehead atoms. The van der Waals surface area contributed by atoms with Gasteiger partial charge in [-0.05, 0) is 62.1 Å². The summed E-state index contributed by atoms with van der Waals surface area (Å²) in [5, 5.41) is 9.84. The maximum absolute atomic E-state index is 12.5. The molecule has 0 saturated carbocycles. The van der Waals surface area contributed by atoms with Crippen molar-refractivity contribution < 1.29 is 4.79 Å². The van der Waals surface area contributed by atoms with Crippen LogP contribution in [0.1, 0.15) is 40.8 Å². The minimum atomic E-state index is -0.276. The number of nitrogens with one attached hydrogen (secondary N) is 3. The van der Waals surface area contributed by atoms with E-state index in [-0.39, 0.29) is 12.1 Å². The molecule has 3 aromatic carbocycles. The lowest BCUT2D eigenvalue weighted by atomic mass is 10.0. The molecule has 0 spiro atoms. The van der Waals surface area contributed by atoms with Crippen molar-refractivity contribution in [1.82, 2.24) is 10.3 Å². The highest BCUT2D eigenvalue weighted by molar-refractivity contribution is 7.22. The molecule has 1 unspecified atom stereocenters. The fraction of sp³-hybridized carbons (Fsp3) is 0.185. The maximum atomic E-state index is 12.5. The topological polar surface area (TPSA) is 66.0 Å². The van der Waals surface area contributed by atoms with E-state index in [1.54, 1.807) is 0 Å². The predicted octanol–water partition coefficient (Wildman–Crippen LogP) is 7.19. The lowest BCUT2D eigenvalue weighted by Gasteiger charge is -2.16. The lowest BCUT2D eigenvalue weighted by Crippen LogP contribution is -2.31. The van der Waals surface area contributed by atoms with Gasteiger partial charge in [-0.1, -0.05) is 72.0 Å². The zero-order valence-electron chi connectivity index (χ0n) is 19.3. The minimum absolute atomic E-state index is 0.102. The van der Waals surface area contributed by atoms with Crippen molar-refractivity contribution in [2.24, 2.45) is 0 Å². The average molecular weight is 457 g/mol. The number of hydrogen-bond donors (Lipinski definition) is 3. The highest BCUT2D eigenvalue weighted by atomic mass is 32.1. The number of anilines is 2. The molecule has 0 aliphatic heterocycles. The monoisotopic (exact) mass is 456 g/mol. The Morgan fingerprint density at radius 1 is 0.970 bits per heavy atom. The van der Waals surface area contributed by atoms with Gasteiger partial charge in [-0.2, -0.15) is 0 Å². The zero-order valence-corrected chi connectivity index (χ0v) is 20.1. The van der Waals surface area contributed by atoms with Crippen LogP contribution in [0.25, 0.3) is 15.9 Å². The summed E-state index contributed by atoms with van der Waals surface area (Å²) < 4.78 is 0.985. The number of fused-ring (bicyclic) bond motifs is 1. The summed E-state index contributed by atoms with van der Waals surface area (Å²) in [5.74, 6) is 0. The molecule has 5 nitrogen and oxygen atoms in total. The standard InChI is InChI=1S/C27H28N4OS/c1-16-13-17(2)25(18(3)14-16)28-20(5)22-11-12-23-24(15-22)33-27(30-23)31-26(32)29-19(4)21-9-7-6-8-10-21/h6-15,19,28H,5H2,1-4H3,(H2,29,30,31,32). The first-order chi connectivity index (χ1) is 15.8. The molecule has 0 radical (unpaired) electrons. The van der Waals surface area contributed by atoms with Crippen molar-refractivity contribution in [3.63, 3.8) is 0 Å². The summed E-state index contributed by atoms with van der Waals surface area (Å²) in [5.41, 5.74) is 8.40. The molecule has 0 saturated heterocycles. The van der Waals surface area contributed by atoms with Crippen LogP contribution in [0.15, 0.2) is 67.2 Å². The summed E-state index contributed by atoms with van der Waals surface area (Å²) in [6, 6.07) is 19.8. The number of carbonyl (C=O) groups excluding carboxylic acids is 1. The smallest absolute Gasteiger partial charge is 0.321 e. The second-order valence-corrected chi connectivity index (χ2v) is 9.34. The Labute approximate surface area is 198 Å². The minimum Gasteiger partial charge on any atom is -0.355 e. The molecule has 0 fully saturated rings. The van der Waals surface area contributed by atoms with Crippen molar-refractivity contribution in [1.29, 1.82) is 0 Å². The fourth-order valence-electron chi connectivity index (χ4n) is 3.92. The number of rotatable bonds is 6. The van der Waals surface area contributed by atoms with Crippen LogP contribution >= 0.6 is 11.3 Å². The SMILES string of the molecule is C=C(Nc1c(C)cc(C)cc1C)c1ccc2nc(NC(=O)NC(C)c3ccccc3)sc2c1. The highest BCUT2D eigenvalue weighted by Crippen LogP contribution is 2.30. The summed E-state index contributed by atoms with van der Waals surface area (Å²) >= 11 is 1.44. The van der Waals surface area contributed by atoms with Gasteiger partial charge in [0.05, 0.1) is 16.3 Å². The van der Waals surface area contributed by atoms with Crippen molar-refractivity contribution in [3.05, 3.63) is 95.1 Å². The first-order valence-electron chi connectivity index (χ1n) is 10.9. The van der Waals surface area contributed by atoms with E-state index in [2.05, 4.69) is 66.5 Å². The highest BCUT2D eigenvalue weighted by Gasteiger charge is 2.13. The second-order valence-electron chi connectivity index (χ2n) is 8.31. The molecule has 168 valence electrons. The number of benzene rings is 3. The van der Waals surface area contributed by atoms with E-state index < -0.39 is 0 Å². The number of nitrogens with zero attached hydrogens (tertiary/aromatic N) is 1. The Hall–Kier alpha value is -3.64. The Balaban J connectivity index is 1.46. The molecule has 2 amide bonds. The fourth-order valence-corrected chi connectivity index (χ4v) is 4.82. The largest absolute Gasteiger partial charge is 0.355 e. The number of amides is 2. The van der Waals surface area contributed by atoms with E-state index >= 15 is 0 Å². The molecule has 4 aromatic rings. The Morgan fingerprint density at radius 3 is 2.36 bits per heavy atom. The number of urea groups is 1. The molecule has 1 heterocycles. The number of hydrogen-bond acceptors (Lipinski definition) is 4. The third kappa shape index (κ3) is 5.23. The van der Waals surface area contributed by atoms with Gasteiger partial charge in [0.15, 0.2) is 5.13 Å². The van der Waals surface area contributed by atoms with Gasteiger partial charge in [-0.3, -0.25) is 5.32 Å². The molecular formula is C27H28N4OS. The summed E-state index contributed by atoms with van der Waals surface area (Å²) in [7, 11) is 0. The molecule has 0 aliphatic carbocycles. The van der Waals surface area contributed by atoms with E-state index in [4.69, 9.17) is 0 Å². The molecule has 0 aliphatic rings. The average Bonchev–Trinajstić information content (AvgIpc) is 3.17. The molecule has 33 heavy (non-hydrogen) atoms. The van der Waals surface area contributed by atoms with Crippen LogP contribution in [0.4, 0.5) is 15.6 Å². The molecule has 3 N–H and O–H groups in total. The Kier molecular flexibility index (Phi) is 6.47. The summed E-state index contributed by atoms with van der Waals surface area (Å²) in [6.07, 6.45) is 0. The third-order valence-electron chi connectivity index (χ3n) is 5.56. The maximum Gasteiger partial charge on any atom is 0.321 e. The number of aromatic nitrogens is 1. The number of aryl methyl sites for hydroxylation is 3. The molecular weight excluding hydrogens is 428 g/mol. The van der Waals surface area contributed by atoms with E-state index in [9.17, 15) is 4.79 Å². The zero-order chi connectivity index (χ0) is 23.5. The van der Waals surface area contributed by atoms with E-state index in [1.807, 2.05) is 49.4 Å². The van der Waals surface area contributed by atoms with Crippen LogP contribution in [0, 0.1) is 20.8 Å². The second kappa shape index (κ2) is 9.46. The number of thiazole rings is 1. The van der Waals surface area contributed by atoms with E-state index in [0.29, 0.717) is 5.13 Å². The predicted molar refractivity (Wildman–Crippen MR) is 140 cm³/mol. The molecule has 6 heteroatoms. The third-order valence-corrected chi connectivity index (χ3v) is 6.49. The Morgan fingerprint density at radius 2 is 1.67 bits per heavy atom. The van der Waals surface area contributed by atoms with Crippen LogP contribution in [-0.4, -0.2) is 11.0 Å². The van der Waals surface area contributed by atoms with Gasteiger partial charge >= 0.3 is 6.03 Å². The Bertz CT molecular complexity index is 1300. The lowest BCUT2D eigenvalue weighted by molar-refractivity contribution is 0.249. The van der Waals surface area contributed by atoms with Crippen LogP contribution in [0.3, 0.4) is 0 Å². The van der Waals surface area contributed by atoms with E-state index in [1.165, 1.54) is 28.0 Å². The van der Waals surface area contributed by atoms with Crippen LogP contribution < -0.4 is 16.0 Å². The van der Waals surface area contributed by atoms with Gasteiger partial charge in [-0.25, -0.2) is 9.78 Å². The van der Waals surface area contributed by atoms with Gasteiger partial charge < -0.3 is 10.6 Å². The van der Waals surface area contributed by atoms with Crippen LogP contribution in [0.5, 0.6) is 0 Å². The molecule has 1 aromatic heterocycles. The van der Waals surface area contributed by atoms with Crippen molar-refractivity contribution in [2.75, 3.05) is 10.6 Å². The molecule has 1 atom stereocenters. The summed E-state index contributed by atoms with van der Waals surface area (Å²) in [6.45, 7) is 12.5. The first kappa shape index (κ1) is 22.6. The normalized spacial score (nSPS) is 11.8. The van der Waals surface area contributed by atoms with Gasteiger partial charge in [0.25, 0.3) is 0 Å². The summed E-state index contributed by atoms with van der Waals surface area (Å²) in [4.78, 5) is 17.0. The van der Waals surface area contributed by atoms with Crippen LogP contribution in [-0.2, 0) is 0 Å². The van der Waals surface area contributed by atoms with Gasteiger partial charge in [0.2, 0.25) is 0 Å². The van der Waals surface area contributed by atoms with Crippen molar-refractivity contribution in [3.8, 4) is 0 Å². The van der Waals surface area contributed by atoms with Gasteiger partial charge in [0.1, 0.15) is 0 Å². The quantitative estimate of drug-likeness (QED) is 0.288. The van der Waals surface area contributed by atoms with Crippen molar-refractivity contribution in [2.45, 2.75) is 33.7 Å². The van der Waals surface area contributed by atoms with Crippen LogP contribution in [0.2, 0.25) is 0 Å². The van der Waals surface area contributed by atoms with Crippen molar-refractivity contribution >= 4 is 44.1 Å². The van der Waals surface area contributed by atoms with Gasteiger partial charge in [0, 0.05) is 11.4 Å². The van der Waals surface area contributed by atoms with Gasteiger partial charge in [-0.15, -0.1) is 0 Å².